The fourth-order valence-electron chi connectivity index (χ4n) is 1.52. The van der Waals surface area contributed by atoms with Crippen molar-refractivity contribution in [3.05, 3.63) is 47.0 Å². The third kappa shape index (κ3) is 4.17. The Morgan fingerprint density at radius 2 is 1.68 bits per heavy atom. The molecule has 0 unspecified atom stereocenters. The Hall–Kier alpha value is -2.24. The molecule has 0 spiro atoms. The second-order valence-corrected chi connectivity index (χ2v) is 7.52. The first-order valence-electron chi connectivity index (χ1n) is 5.44. The molecule has 1 aromatic carbocycles. The van der Waals surface area contributed by atoms with E-state index in [9.17, 15) is 9.00 Å². The number of rotatable bonds is 4. The lowest BCUT2D eigenvalue weighted by molar-refractivity contribution is 0.103. The summed E-state index contributed by atoms with van der Waals surface area (Å²) >= 11 is 0. The van der Waals surface area contributed by atoms with Crippen LogP contribution >= 0.6 is 0 Å². The maximum atomic E-state index is 12.3. The molecule has 0 saturated carbocycles. The van der Waals surface area contributed by atoms with Crippen molar-refractivity contribution in [2.45, 2.75) is 0 Å². The quantitative estimate of drug-likeness (QED) is 0.363. The minimum absolute atomic E-state index is 0.0196. The number of Topliss-reactive ketones (excluding diaryl/α,β-unsaturated/α-hetero) is 1. The average molecular weight is 273 g/mol. The Kier molecular flexibility index (Phi) is 4.74. The van der Waals surface area contributed by atoms with Crippen molar-refractivity contribution in [3.63, 3.8) is 0 Å². The molecule has 0 aromatic heterocycles. The molecule has 0 atom stereocenters. The predicted octanol–water partition coefficient (Wildman–Crippen LogP) is 1.97. The van der Waals surface area contributed by atoms with Crippen molar-refractivity contribution >= 4 is 15.7 Å². The Morgan fingerprint density at radius 3 is 2.11 bits per heavy atom. The molecule has 96 valence electrons. The van der Waals surface area contributed by atoms with Crippen molar-refractivity contribution in [1.29, 1.82) is 10.5 Å². The summed E-state index contributed by atoms with van der Waals surface area (Å²) in [4.78, 5) is 12.3. The number of nitrogens with zero attached hydrogens (tertiary/aromatic N) is 2. The molecule has 1 aromatic rings. The highest BCUT2D eigenvalue weighted by molar-refractivity contribution is 8.01. The van der Waals surface area contributed by atoms with Crippen molar-refractivity contribution in [3.8, 4) is 12.1 Å². The highest BCUT2D eigenvalue weighted by Gasteiger charge is 2.26. The van der Waals surface area contributed by atoms with E-state index in [1.807, 2.05) is 0 Å². The summed E-state index contributed by atoms with van der Waals surface area (Å²) in [5.41, 5.74) is 0.126. The summed E-state index contributed by atoms with van der Waals surface area (Å²) < 4.78 is 11.9. The van der Waals surface area contributed by atoms with Crippen molar-refractivity contribution in [2.24, 2.45) is 0 Å². The number of carbonyl (C=O) groups excluding carboxylic acids is 1. The molecule has 0 heterocycles. The normalized spacial score (nSPS) is 10.1. The molecule has 0 aliphatic rings. The number of nitriles is 2. The molecule has 0 aliphatic heterocycles. The topological polar surface area (TPSA) is 81.7 Å². The highest BCUT2D eigenvalue weighted by atomic mass is 32.2. The second-order valence-electron chi connectivity index (χ2n) is 4.35. The van der Waals surface area contributed by atoms with Gasteiger partial charge in [-0.1, -0.05) is 30.3 Å². The van der Waals surface area contributed by atoms with E-state index in [0.29, 0.717) is 5.56 Å². The van der Waals surface area contributed by atoms with Crippen LogP contribution in [0.2, 0.25) is 0 Å². The fourth-order valence-corrected chi connectivity index (χ4v) is 2.49. The van der Waals surface area contributed by atoms with Crippen LogP contribution in [0.25, 0.3) is 0 Å². The summed E-state index contributed by atoms with van der Waals surface area (Å²) in [6.45, 7) is 0. The van der Waals surface area contributed by atoms with Gasteiger partial charge in [-0.3, -0.25) is 4.79 Å². The Morgan fingerprint density at radius 1 is 1.16 bits per heavy atom. The van der Waals surface area contributed by atoms with Crippen molar-refractivity contribution in [2.75, 3.05) is 18.3 Å². The van der Waals surface area contributed by atoms with Gasteiger partial charge in [0.25, 0.3) is 0 Å². The lowest BCUT2D eigenvalue weighted by atomic mass is 10.0. The van der Waals surface area contributed by atoms with Gasteiger partial charge in [0.2, 0.25) is 0 Å². The zero-order valence-electron chi connectivity index (χ0n) is 10.7. The number of allylic oxidation sites excluding steroid dienone is 1. The van der Waals surface area contributed by atoms with E-state index in [2.05, 4.69) is 0 Å². The molecular weight excluding hydrogens is 260 g/mol. The van der Waals surface area contributed by atoms with Crippen LogP contribution in [0.1, 0.15) is 10.4 Å². The number of ketones is 1. The van der Waals surface area contributed by atoms with Gasteiger partial charge in [-0.2, -0.15) is 10.5 Å². The van der Waals surface area contributed by atoms with E-state index < -0.39 is 15.7 Å². The summed E-state index contributed by atoms with van der Waals surface area (Å²) in [6.07, 6.45) is 3.00. The number of benzene rings is 1. The number of hydrogen-bond acceptors (Lipinski definition) is 4. The van der Waals surface area contributed by atoms with Gasteiger partial charge in [0, 0.05) is 5.56 Å². The van der Waals surface area contributed by atoms with Gasteiger partial charge in [0.1, 0.15) is 36.0 Å². The second kappa shape index (κ2) is 6.08. The van der Waals surface area contributed by atoms with E-state index in [0.717, 1.165) is 0 Å². The lowest BCUT2D eigenvalue weighted by Gasteiger charge is -2.06. The van der Waals surface area contributed by atoms with Gasteiger partial charge in [-0.15, -0.1) is 4.21 Å². The van der Waals surface area contributed by atoms with Crippen LogP contribution in [-0.4, -0.2) is 24.0 Å². The molecule has 1 rings (SSSR count). The molecule has 0 aliphatic carbocycles. The van der Waals surface area contributed by atoms with E-state index in [1.54, 1.807) is 42.5 Å². The zero-order valence-corrected chi connectivity index (χ0v) is 11.5. The van der Waals surface area contributed by atoms with Crippen LogP contribution in [0.15, 0.2) is 41.5 Å². The van der Waals surface area contributed by atoms with E-state index in [-0.39, 0.29) is 16.9 Å². The third-order valence-electron chi connectivity index (χ3n) is 2.33. The molecule has 0 saturated heterocycles. The number of hydrogen-bond donors (Lipinski definition) is 0. The largest absolute Gasteiger partial charge is 0.289 e. The first-order valence-corrected chi connectivity index (χ1v) is 7.98. The van der Waals surface area contributed by atoms with Crippen molar-refractivity contribution in [1.82, 2.24) is 0 Å². The monoisotopic (exact) mass is 273 g/mol. The molecule has 5 heteroatoms. The van der Waals surface area contributed by atoms with Gasteiger partial charge in [0.05, 0.1) is 15.5 Å². The molecule has 19 heavy (non-hydrogen) atoms. The lowest BCUT2D eigenvalue weighted by Crippen LogP contribution is -2.19. The van der Waals surface area contributed by atoms with Crippen LogP contribution in [0.5, 0.6) is 0 Å². The molecule has 0 fully saturated rings. The Balaban J connectivity index is 3.32. The summed E-state index contributed by atoms with van der Waals surface area (Å²) in [5.74, 6) is -0.493. The standard InChI is InChI=1S/C14H13N2O2S/c1-19(2,18)10-13(12(8-15)9-16)14(17)11-6-4-3-5-7-11/h3-7H,10H2,1-2H3/q+1. The van der Waals surface area contributed by atoms with Crippen LogP contribution in [0.3, 0.4) is 0 Å². The van der Waals surface area contributed by atoms with Crippen LogP contribution < -0.4 is 0 Å². The smallest absolute Gasteiger partial charge is 0.195 e. The minimum Gasteiger partial charge on any atom is -0.289 e. The van der Waals surface area contributed by atoms with Crippen molar-refractivity contribution < 1.29 is 9.00 Å². The van der Waals surface area contributed by atoms with Gasteiger partial charge >= 0.3 is 0 Å². The Labute approximate surface area is 113 Å². The first-order chi connectivity index (χ1) is 8.89. The van der Waals surface area contributed by atoms with E-state index in [1.165, 1.54) is 12.5 Å². The third-order valence-corrected chi connectivity index (χ3v) is 3.31. The highest BCUT2D eigenvalue weighted by Crippen LogP contribution is 2.16. The zero-order chi connectivity index (χ0) is 14.5. The molecule has 0 N–H and O–H groups in total. The van der Waals surface area contributed by atoms with Gasteiger partial charge in [-0.05, 0) is 0 Å². The van der Waals surface area contributed by atoms with Crippen LogP contribution in [0, 0.1) is 22.7 Å². The maximum absolute atomic E-state index is 12.3. The van der Waals surface area contributed by atoms with Gasteiger partial charge < -0.3 is 0 Å². The Bertz CT molecular complexity index is 626. The molecule has 0 bridgehead atoms. The maximum Gasteiger partial charge on any atom is 0.195 e. The molecule has 0 radical (unpaired) electrons. The first kappa shape index (κ1) is 14.8. The molecular formula is C14H13N2O2S+. The van der Waals surface area contributed by atoms with Crippen LogP contribution in [-0.2, 0) is 14.1 Å². The predicted molar refractivity (Wildman–Crippen MR) is 73.8 cm³/mol. The molecule has 0 amide bonds. The van der Waals surface area contributed by atoms with Gasteiger partial charge in [-0.25, -0.2) is 0 Å². The molecule has 4 nitrogen and oxygen atoms in total. The minimum atomic E-state index is -2.27. The van der Waals surface area contributed by atoms with E-state index >= 15 is 0 Å². The fraction of sp³-hybridized carbons (Fsp3) is 0.214. The van der Waals surface area contributed by atoms with E-state index in [4.69, 9.17) is 10.5 Å². The van der Waals surface area contributed by atoms with Crippen LogP contribution in [0.4, 0.5) is 0 Å². The average Bonchev–Trinajstić information content (AvgIpc) is 2.38. The summed E-state index contributed by atoms with van der Waals surface area (Å²) in [5, 5.41) is 17.8. The number of carbonyl (C=O) groups is 1. The summed E-state index contributed by atoms with van der Waals surface area (Å²) in [7, 11) is -2.27. The van der Waals surface area contributed by atoms with Gasteiger partial charge in [0.15, 0.2) is 5.78 Å². The summed E-state index contributed by atoms with van der Waals surface area (Å²) in [6, 6.07) is 11.7. The SMILES string of the molecule is C[S+](C)(=O)CC(C(=O)c1ccccc1)=C(C#N)C#N.